The minimum absolute atomic E-state index is 0.158. The van der Waals surface area contributed by atoms with Crippen LogP contribution in [0.15, 0.2) is 60.7 Å². The molecule has 2 saturated heterocycles. The smallest absolute Gasteiger partial charge is 0.340 e. The maximum Gasteiger partial charge on any atom is 0.340 e. The number of nitrogens with zero attached hydrogens (tertiary/aromatic N) is 2. The summed E-state index contributed by atoms with van der Waals surface area (Å²) in [5.74, 6) is 0.0408. The Bertz CT molecular complexity index is 1460. The Morgan fingerprint density at radius 2 is 1.28 bits per heavy atom. The number of hydrogen-bond donors (Lipinski definition) is 0. The highest BCUT2D eigenvalue weighted by Gasteiger charge is 2.53. The number of carbonyl (C=O) groups is 3. The molecule has 0 unspecified atom stereocenters. The molecule has 4 aliphatic rings. The topological polar surface area (TPSA) is 94.6 Å². The molecule has 0 atom stereocenters. The molecular formula is C30H26N2O7. The van der Waals surface area contributed by atoms with Crippen LogP contribution in [0.2, 0.25) is 0 Å². The number of hydrogen-bond acceptors (Lipinski definition) is 9. The first-order valence-corrected chi connectivity index (χ1v) is 12.9. The van der Waals surface area contributed by atoms with Gasteiger partial charge in [0.25, 0.3) is 0 Å². The molecule has 0 bridgehead atoms. The number of carbonyl (C=O) groups excluding carboxylic acids is 3. The Kier molecular flexibility index (Phi) is 5.13. The molecule has 1 spiro atoms. The fourth-order valence-corrected chi connectivity index (χ4v) is 6.06. The molecule has 0 aromatic heterocycles. The van der Waals surface area contributed by atoms with Gasteiger partial charge < -0.3 is 28.7 Å². The summed E-state index contributed by atoms with van der Waals surface area (Å²) >= 11 is 0. The lowest BCUT2D eigenvalue weighted by molar-refractivity contribution is -0.147. The van der Waals surface area contributed by atoms with Gasteiger partial charge in [-0.25, -0.2) is 4.79 Å². The quantitative estimate of drug-likeness (QED) is 0.374. The van der Waals surface area contributed by atoms with Gasteiger partial charge in [0.2, 0.25) is 0 Å². The zero-order valence-electron chi connectivity index (χ0n) is 21.5. The Balaban J connectivity index is 1.29. The SMILES string of the molecule is COC(=O)C1CN(c2ccc3c(c2)Oc2cc(N4CC(C(=O)OC)C4)ccc2C32OC(=O)c3ccccc32)C1. The molecule has 4 heterocycles. The van der Waals surface area contributed by atoms with Gasteiger partial charge in [0, 0.05) is 66.4 Å². The third-order valence-corrected chi connectivity index (χ3v) is 8.24. The maximum atomic E-state index is 13.1. The average Bonchev–Trinajstić information content (AvgIpc) is 3.19. The van der Waals surface area contributed by atoms with Gasteiger partial charge in [-0.15, -0.1) is 0 Å². The first-order valence-electron chi connectivity index (χ1n) is 12.9. The number of anilines is 2. The van der Waals surface area contributed by atoms with Crippen LogP contribution in [-0.4, -0.2) is 58.3 Å². The van der Waals surface area contributed by atoms with E-state index in [2.05, 4.69) is 9.80 Å². The molecule has 0 amide bonds. The summed E-state index contributed by atoms with van der Waals surface area (Å²) in [5, 5.41) is 0. The summed E-state index contributed by atoms with van der Waals surface area (Å²) < 4.78 is 22.5. The van der Waals surface area contributed by atoms with E-state index in [1.807, 2.05) is 54.6 Å². The second-order valence-electron chi connectivity index (χ2n) is 10.3. The summed E-state index contributed by atoms with van der Waals surface area (Å²) in [6.45, 7) is 2.24. The molecule has 3 aromatic rings. The van der Waals surface area contributed by atoms with Crippen LogP contribution in [0.25, 0.3) is 0 Å². The zero-order valence-corrected chi connectivity index (χ0v) is 21.5. The lowest BCUT2D eigenvalue weighted by atomic mass is 9.77. The normalized spacial score (nSPS) is 18.7. The molecule has 198 valence electrons. The largest absolute Gasteiger partial charge is 0.469 e. The Labute approximate surface area is 224 Å². The average molecular weight is 527 g/mol. The molecule has 9 nitrogen and oxygen atoms in total. The molecule has 0 aliphatic carbocycles. The van der Waals surface area contributed by atoms with Crippen molar-refractivity contribution in [1.82, 2.24) is 0 Å². The lowest BCUT2D eigenvalue weighted by Gasteiger charge is -2.42. The van der Waals surface area contributed by atoms with Crippen molar-refractivity contribution in [3.05, 3.63) is 82.9 Å². The number of methoxy groups -OCH3 is 2. The van der Waals surface area contributed by atoms with E-state index in [0.29, 0.717) is 43.2 Å². The second-order valence-corrected chi connectivity index (χ2v) is 10.3. The van der Waals surface area contributed by atoms with Gasteiger partial charge in [-0.05, 0) is 30.3 Å². The predicted octanol–water partition coefficient (Wildman–Crippen LogP) is 3.47. The van der Waals surface area contributed by atoms with Crippen molar-refractivity contribution >= 4 is 29.3 Å². The van der Waals surface area contributed by atoms with E-state index in [9.17, 15) is 14.4 Å². The van der Waals surface area contributed by atoms with Gasteiger partial charge in [-0.1, -0.05) is 18.2 Å². The molecule has 9 heteroatoms. The van der Waals surface area contributed by atoms with Crippen molar-refractivity contribution in [1.29, 1.82) is 0 Å². The van der Waals surface area contributed by atoms with Crippen LogP contribution in [0.4, 0.5) is 11.4 Å². The van der Waals surface area contributed by atoms with Crippen LogP contribution in [0, 0.1) is 11.8 Å². The number of fused-ring (bicyclic) bond motifs is 6. The van der Waals surface area contributed by atoms with Crippen molar-refractivity contribution in [2.24, 2.45) is 11.8 Å². The summed E-state index contributed by atoms with van der Waals surface area (Å²) in [5.41, 5.74) is 3.44. The fourth-order valence-electron chi connectivity index (χ4n) is 6.06. The van der Waals surface area contributed by atoms with Gasteiger partial charge in [-0.3, -0.25) is 9.59 Å². The third-order valence-electron chi connectivity index (χ3n) is 8.24. The minimum Gasteiger partial charge on any atom is -0.469 e. The van der Waals surface area contributed by atoms with Crippen molar-refractivity contribution in [3.8, 4) is 11.5 Å². The maximum absolute atomic E-state index is 13.1. The number of ether oxygens (including phenoxy) is 4. The molecule has 2 fully saturated rings. The number of esters is 3. The highest BCUT2D eigenvalue weighted by molar-refractivity contribution is 5.97. The summed E-state index contributed by atoms with van der Waals surface area (Å²) in [4.78, 5) is 41.1. The first kappa shape index (κ1) is 23.6. The van der Waals surface area contributed by atoms with E-state index >= 15 is 0 Å². The van der Waals surface area contributed by atoms with Crippen molar-refractivity contribution in [3.63, 3.8) is 0 Å². The highest BCUT2D eigenvalue weighted by Crippen LogP contribution is 2.57. The van der Waals surface area contributed by atoms with Crippen LogP contribution >= 0.6 is 0 Å². The Morgan fingerprint density at radius 3 is 1.79 bits per heavy atom. The molecule has 3 aromatic carbocycles. The molecule has 7 rings (SSSR count). The van der Waals surface area contributed by atoms with Crippen LogP contribution in [0.3, 0.4) is 0 Å². The van der Waals surface area contributed by atoms with E-state index in [-0.39, 0.29) is 29.7 Å². The van der Waals surface area contributed by atoms with Gasteiger partial charge in [0.15, 0.2) is 5.60 Å². The van der Waals surface area contributed by atoms with Gasteiger partial charge >= 0.3 is 17.9 Å². The molecule has 39 heavy (non-hydrogen) atoms. The molecule has 0 radical (unpaired) electrons. The zero-order chi connectivity index (χ0) is 26.9. The summed E-state index contributed by atoms with van der Waals surface area (Å²) in [6, 6.07) is 19.1. The van der Waals surface area contributed by atoms with Gasteiger partial charge in [0.1, 0.15) is 11.5 Å². The minimum atomic E-state index is -1.15. The number of benzene rings is 3. The van der Waals surface area contributed by atoms with Crippen LogP contribution in [0.5, 0.6) is 11.5 Å². The second kappa shape index (κ2) is 8.49. The van der Waals surface area contributed by atoms with E-state index < -0.39 is 5.60 Å². The predicted molar refractivity (Wildman–Crippen MR) is 140 cm³/mol. The Hall–Kier alpha value is -4.53. The number of rotatable bonds is 4. The summed E-state index contributed by atoms with van der Waals surface area (Å²) in [7, 11) is 2.80. The van der Waals surface area contributed by atoms with Gasteiger partial charge in [0.05, 0.1) is 31.6 Å². The van der Waals surface area contributed by atoms with Crippen molar-refractivity contribution < 1.29 is 33.3 Å². The molecule has 0 N–H and O–H groups in total. The fraction of sp³-hybridized carbons (Fsp3) is 0.300. The van der Waals surface area contributed by atoms with Crippen LogP contribution in [0.1, 0.15) is 27.0 Å². The van der Waals surface area contributed by atoms with Gasteiger partial charge in [-0.2, -0.15) is 0 Å². The molecule has 4 aliphatic heterocycles. The van der Waals surface area contributed by atoms with Crippen LogP contribution in [-0.2, 0) is 29.4 Å². The first-order chi connectivity index (χ1) is 18.9. The lowest BCUT2D eigenvalue weighted by Crippen LogP contribution is -2.51. The van der Waals surface area contributed by atoms with Crippen LogP contribution < -0.4 is 14.5 Å². The van der Waals surface area contributed by atoms with E-state index in [1.165, 1.54) is 14.2 Å². The molecular weight excluding hydrogens is 500 g/mol. The Morgan fingerprint density at radius 1 is 0.769 bits per heavy atom. The monoisotopic (exact) mass is 526 g/mol. The van der Waals surface area contributed by atoms with Crippen molar-refractivity contribution in [2.45, 2.75) is 5.60 Å². The van der Waals surface area contributed by atoms with E-state index in [1.54, 1.807) is 6.07 Å². The standard InChI is InChI=1S/C30H26N2O7/c1-36-27(33)17-13-31(14-17)19-7-9-23-25(11-19)38-26-12-20(32-15-18(16-32)28(34)37-2)8-10-24(26)30(23)22-6-4-3-5-21(22)29(35)39-30/h3-12,17-18H,13-16H2,1-2H3. The van der Waals surface area contributed by atoms with Crippen molar-refractivity contribution in [2.75, 3.05) is 50.2 Å². The van der Waals surface area contributed by atoms with E-state index in [0.717, 1.165) is 28.1 Å². The third kappa shape index (κ3) is 3.35. The summed E-state index contributed by atoms with van der Waals surface area (Å²) in [6.07, 6.45) is 0. The molecule has 0 saturated carbocycles. The highest BCUT2D eigenvalue weighted by atomic mass is 16.6. The van der Waals surface area contributed by atoms with E-state index in [4.69, 9.17) is 18.9 Å².